The van der Waals surface area contributed by atoms with E-state index in [4.69, 9.17) is 11.6 Å². The van der Waals surface area contributed by atoms with Crippen molar-refractivity contribution >= 4 is 23.2 Å². The van der Waals surface area contributed by atoms with Gasteiger partial charge in [0, 0.05) is 18.4 Å². The Morgan fingerprint density at radius 2 is 1.87 bits per heavy atom. The van der Waals surface area contributed by atoms with Crippen molar-refractivity contribution < 1.29 is 15.0 Å². The minimum Gasteiger partial charge on any atom is -0.508 e. The number of hydrazone groups is 1. The van der Waals surface area contributed by atoms with Crippen LogP contribution in [-0.4, -0.2) is 36.4 Å². The quantitative estimate of drug-likeness (QED) is 0.575. The van der Waals surface area contributed by atoms with Crippen molar-refractivity contribution in [3.8, 4) is 17.3 Å². The number of benzene rings is 2. The Hall–Kier alpha value is -3.85. The second-order valence-electron chi connectivity index (χ2n) is 6.99. The number of carbonyl (C=O) groups excluding carboxylic acids is 1. The highest BCUT2D eigenvalue weighted by molar-refractivity contribution is 6.30. The molecule has 9 nitrogen and oxygen atoms in total. The standard InChI is InChI=1S/C21H17ClN4O5/c1-11(27)26-17(12-5-7-15(28)8-6-12)10-16(24-26)18-19(29)23-21(31)25(20(18)30)14-4-2-3-13(22)9-14/h2-9,17,28,30H,10H2,1H3,(H,23,29,31). The molecule has 3 aromatic rings. The molecule has 1 unspecified atom stereocenters. The number of phenolic OH excluding ortho intramolecular Hbond substituents is 1. The number of rotatable bonds is 3. The Kier molecular flexibility index (Phi) is 5.12. The first-order chi connectivity index (χ1) is 14.8. The van der Waals surface area contributed by atoms with Crippen LogP contribution in [0.25, 0.3) is 5.69 Å². The van der Waals surface area contributed by atoms with E-state index in [2.05, 4.69) is 10.1 Å². The van der Waals surface area contributed by atoms with Gasteiger partial charge in [-0.25, -0.2) is 14.4 Å². The summed E-state index contributed by atoms with van der Waals surface area (Å²) in [6.45, 7) is 1.33. The van der Waals surface area contributed by atoms with E-state index < -0.39 is 23.2 Å². The fraction of sp³-hybridized carbons (Fsp3) is 0.143. The van der Waals surface area contributed by atoms with E-state index in [1.165, 1.54) is 30.1 Å². The molecule has 31 heavy (non-hydrogen) atoms. The van der Waals surface area contributed by atoms with E-state index in [0.717, 1.165) is 4.57 Å². The lowest BCUT2D eigenvalue weighted by Crippen LogP contribution is -2.33. The van der Waals surface area contributed by atoms with E-state index in [0.29, 0.717) is 10.6 Å². The number of aromatic amines is 1. The molecule has 1 aromatic heterocycles. The largest absolute Gasteiger partial charge is 0.508 e. The molecule has 1 aliphatic rings. The minimum absolute atomic E-state index is 0.0694. The van der Waals surface area contributed by atoms with Crippen LogP contribution in [0.2, 0.25) is 5.02 Å². The molecule has 2 aromatic carbocycles. The highest BCUT2D eigenvalue weighted by Gasteiger charge is 2.34. The highest BCUT2D eigenvalue weighted by Crippen LogP contribution is 2.34. The predicted octanol–water partition coefficient (Wildman–Crippen LogP) is 2.29. The van der Waals surface area contributed by atoms with Crippen molar-refractivity contribution in [2.75, 3.05) is 0 Å². The number of phenols is 1. The molecule has 0 aliphatic carbocycles. The lowest BCUT2D eigenvalue weighted by molar-refractivity contribution is -0.130. The molecular formula is C21H17ClN4O5. The molecule has 1 atom stereocenters. The lowest BCUT2D eigenvalue weighted by atomic mass is 9.99. The monoisotopic (exact) mass is 440 g/mol. The number of nitrogens with one attached hydrogen (secondary N) is 1. The van der Waals surface area contributed by atoms with Crippen molar-refractivity contribution in [2.24, 2.45) is 5.10 Å². The van der Waals surface area contributed by atoms with Crippen molar-refractivity contribution in [3.05, 3.63) is 85.5 Å². The normalized spacial score (nSPS) is 15.7. The van der Waals surface area contributed by atoms with Crippen LogP contribution in [0.5, 0.6) is 11.6 Å². The smallest absolute Gasteiger partial charge is 0.335 e. The van der Waals surface area contributed by atoms with Gasteiger partial charge >= 0.3 is 5.69 Å². The second-order valence-corrected chi connectivity index (χ2v) is 7.43. The number of H-pyrrole nitrogens is 1. The van der Waals surface area contributed by atoms with Crippen LogP contribution in [0.3, 0.4) is 0 Å². The van der Waals surface area contributed by atoms with Gasteiger partial charge in [0.1, 0.15) is 11.3 Å². The predicted molar refractivity (Wildman–Crippen MR) is 114 cm³/mol. The first-order valence-electron chi connectivity index (χ1n) is 9.27. The molecule has 0 spiro atoms. The summed E-state index contributed by atoms with van der Waals surface area (Å²) in [5.41, 5.74) is -0.801. The molecule has 0 saturated heterocycles. The zero-order valence-electron chi connectivity index (χ0n) is 16.2. The van der Waals surface area contributed by atoms with Gasteiger partial charge in [-0.15, -0.1) is 0 Å². The third-order valence-electron chi connectivity index (χ3n) is 4.95. The van der Waals surface area contributed by atoms with Crippen LogP contribution in [0.1, 0.15) is 30.5 Å². The summed E-state index contributed by atoms with van der Waals surface area (Å²) in [5.74, 6) is -0.906. The van der Waals surface area contributed by atoms with Crippen molar-refractivity contribution in [3.63, 3.8) is 0 Å². The molecule has 0 bridgehead atoms. The summed E-state index contributed by atoms with van der Waals surface area (Å²) in [7, 11) is 0. The van der Waals surface area contributed by atoms with Gasteiger partial charge in [-0.1, -0.05) is 29.8 Å². The van der Waals surface area contributed by atoms with E-state index in [1.807, 2.05) is 0 Å². The molecule has 0 saturated carbocycles. The van der Waals surface area contributed by atoms with Gasteiger partial charge in [-0.2, -0.15) is 5.10 Å². The number of aromatic nitrogens is 2. The van der Waals surface area contributed by atoms with Gasteiger partial charge in [0.25, 0.3) is 5.56 Å². The van der Waals surface area contributed by atoms with Gasteiger partial charge in [-0.3, -0.25) is 14.6 Å². The molecule has 1 aliphatic heterocycles. The molecular weight excluding hydrogens is 424 g/mol. The van der Waals surface area contributed by atoms with Gasteiger partial charge in [0.15, 0.2) is 0 Å². The number of hydrogen-bond acceptors (Lipinski definition) is 6. The molecule has 3 N–H and O–H groups in total. The number of nitrogens with zero attached hydrogens (tertiary/aromatic N) is 3. The average molecular weight is 441 g/mol. The third-order valence-corrected chi connectivity index (χ3v) is 5.19. The van der Waals surface area contributed by atoms with Crippen LogP contribution >= 0.6 is 11.6 Å². The van der Waals surface area contributed by atoms with Crippen molar-refractivity contribution in [1.82, 2.24) is 14.6 Å². The minimum atomic E-state index is -0.842. The van der Waals surface area contributed by atoms with E-state index in [-0.39, 0.29) is 35.0 Å². The molecule has 158 valence electrons. The van der Waals surface area contributed by atoms with E-state index in [9.17, 15) is 24.6 Å². The van der Waals surface area contributed by atoms with Crippen molar-refractivity contribution in [1.29, 1.82) is 0 Å². The maximum Gasteiger partial charge on any atom is 0.335 e. The summed E-state index contributed by atoms with van der Waals surface area (Å²) in [4.78, 5) is 39.4. The topological polar surface area (TPSA) is 128 Å². The number of halogens is 1. The summed E-state index contributed by atoms with van der Waals surface area (Å²) >= 11 is 5.99. The van der Waals surface area contributed by atoms with Gasteiger partial charge in [0.2, 0.25) is 11.8 Å². The van der Waals surface area contributed by atoms with Gasteiger partial charge in [0.05, 0.1) is 17.4 Å². The summed E-state index contributed by atoms with van der Waals surface area (Å²) in [6, 6.07) is 11.9. The Balaban J connectivity index is 1.84. The van der Waals surface area contributed by atoms with Crippen LogP contribution in [0, 0.1) is 0 Å². The second kappa shape index (κ2) is 7.77. The SMILES string of the molecule is CC(=O)N1N=C(c2c(O)n(-c3cccc(Cl)c3)c(=O)[nH]c2=O)CC1c1ccc(O)cc1. The van der Waals surface area contributed by atoms with E-state index >= 15 is 0 Å². The first-order valence-corrected chi connectivity index (χ1v) is 9.65. The third kappa shape index (κ3) is 3.71. The van der Waals surface area contributed by atoms with Gasteiger partial charge in [-0.05, 0) is 35.9 Å². The summed E-state index contributed by atoms with van der Waals surface area (Å²) in [5, 5.41) is 26.2. The van der Waals surface area contributed by atoms with Crippen LogP contribution in [0.15, 0.2) is 63.2 Å². The number of hydrogen-bond donors (Lipinski definition) is 3. The average Bonchev–Trinajstić information content (AvgIpc) is 3.13. The maximum atomic E-state index is 12.6. The Morgan fingerprint density at radius 3 is 2.52 bits per heavy atom. The molecule has 2 heterocycles. The Bertz CT molecular complexity index is 1330. The summed E-state index contributed by atoms with van der Waals surface area (Å²) < 4.78 is 0.914. The number of carbonyl (C=O) groups is 1. The molecule has 0 fully saturated rings. The Morgan fingerprint density at radius 1 is 1.16 bits per heavy atom. The van der Waals surface area contributed by atoms with Crippen LogP contribution in [0.4, 0.5) is 0 Å². The lowest BCUT2D eigenvalue weighted by Gasteiger charge is -2.20. The van der Waals surface area contributed by atoms with Crippen LogP contribution in [-0.2, 0) is 4.79 Å². The molecule has 0 radical (unpaired) electrons. The van der Waals surface area contributed by atoms with E-state index in [1.54, 1.807) is 30.3 Å². The molecule has 4 rings (SSSR count). The van der Waals surface area contributed by atoms with Crippen LogP contribution < -0.4 is 11.2 Å². The number of aromatic hydroxyl groups is 2. The zero-order chi connectivity index (χ0) is 22.3. The molecule has 1 amide bonds. The summed E-state index contributed by atoms with van der Waals surface area (Å²) in [6.07, 6.45) is 0.120. The first kappa shape index (κ1) is 20.4. The van der Waals surface area contributed by atoms with Crippen molar-refractivity contribution in [2.45, 2.75) is 19.4 Å². The zero-order valence-corrected chi connectivity index (χ0v) is 17.0. The fourth-order valence-corrected chi connectivity index (χ4v) is 3.73. The molecule has 10 heteroatoms. The fourth-order valence-electron chi connectivity index (χ4n) is 3.55. The maximum absolute atomic E-state index is 12.6. The highest BCUT2D eigenvalue weighted by atomic mass is 35.5. The van der Waals surface area contributed by atoms with Gasteiger partial charge < -0.3 is 10.2 Å². The Labute approximate surface area is 180 Å². The number of amides is 1.